The minimum atomic E-state index is -0.831. The van der Waals surface area contributed by atoms with Crippen LogP contribution in [-0.4, -0.2) is 43.6 Å². The zero-order chi connectivity index (χ0) is 15.0. The number of H-pyrrole nitrogens is 1. The van der Waals surface area contributed by atoms with Crippen LogP contribution in [0.1, 0.15) is 6.92 Å². The number of rotatable bonds is 4. The molecule has 1 amide bonds. The molecule has 1 atom stereocenters. The number of nitrogens with one attached hydrogen (secondary N) is 2. The lowest BCUT2D eigenvalue weighted by Gasteiger charge is -2.09. The van der Waals surface area contributed by atoms with Gasteiger partial charge in [-0.2, -0.15) is 0 Å². The number of aromatic nitrogens is 4. The Morgan fingerprint density at radius 3 is 2.86 bits per heavy atom. The Bertz CT molecular complexity index is 837. The maximum absolute atomic E-state index is 11.8. The standard InChI is InChI=1S/C13H13N5O2S/c1-7(19)10(11(20)14-2)21-13-17-16-12-15-8-5-3-4-6-9(8)18(12)13/h3-6,10H,1-2H3,(H,14,20)(H,15,16)/t10-/m0/s1. The molecule has 2 heterocycles. The van der Waals surface area contributed by atoms with Gasteiger partial charge in [-0.05, 0) is 19.1 Å². The number of hydrogen-bond donors (Lipinski definition) is 2. The molecule has 108 valence electrons. The summed E-state index contributed by atoms with van der Waals surface area (Å²) >= 11 is 1.10. The van der Waals surface area contributed by atoms with Crippen LogP contribution in [0.15, 0.2) is 29.4 Å². The number of imidazole rings is 1. The van der Waals surface area contributed by atoms with Crippen molar-refractivity contribution in [3.63, 3.8) is 0 Å². The van der Waals surface area contributed by atoms with Gasteiger partial charge in [0, 0.05) is 7.05 Å². The average Bonchev–Trinajstić information content (AvgIpc) is 3.02. The zero-order valence-corrected chi connectivity index (χ0v) is 12.3. The van der Waals surface area contributed by atoms with Gasteiger partial charge < -0.3 is 5.32 Å². The molecule has 0 saturated heterocycles. The second-order valence-corrected chi connectivity index (χ2v) is 5.56. The van der Waals surface area contributed by atoms with Crippen LogP contribution in [0.4, 0.5) is 0 Å². The van der Waals surface area contributed by atoms with E-state index in [2.05, 4.69) is 20.5 Å². The van der Waals surface area contributed by atoms with Gasteiger partial charge in [-0.3, -0.25) is 14.0 Å². The minimum Gasteiger partial charge on any atom is -0.358 e. The Labute approximate surface area is 124 Å². The van der Waals surface area contributed by atoms with Gasteiger partial charge in [0.2, 0.25) is 11.7 Å². The van der Waals surface area contributed by atoms with Crippen molar-refractivity contribution in [1.82, 2.24) is 24.9 Å². The first-order chi connectivity index (χ1) is 10.1. The second-order valence-electron chi connectivity index (χ2n) is 4.49. The minimum absolute atomic E-state index is 0.222. The summed E-state index contributed by atoms with van der Waals surface area (Å²) < 4.78 is 1.80. The predicted molar refractivity (Wildman–Crippen MR) is 79.2 cm³/mol. The van der Waals surface area contributed by atoms with E-state index >= 15 is 0 Å². The zero-order valence-electron chi connectivity index (χ0n) is 11.5. The Kier molecular flexibility index (Phi) is 3.38. The van der Waals surface area contributed by atoms with Crippen LogP contribution in [0.25, 0.3) is 16.8 Å². The molecule has 0 spiro atoms. The van der Waals surface area contributed by atoms with Gasteiger partial charge >= 0.3 is 0 Å². The largest absolute Gasteiger partial charge is 0.358 e. The lowest BCUT2D eigenvalue weighted by molar-refractivity contribution is -0.126. The molecule has 0 aliphatic carbocycles. The topological polar surface area (TPSA) is 92.2 Å². The summed E-state index contributed by atoms with van der Waals surface area (Å²) in [5, 5.41) is 9.16. The molecular weight excluding hydrogens is 290 g/mol. The highest BCUT2D eigenvalue weighted by molar-refractivity contribution is 8.01. The molecule has 0 bridgehead atoms. The number of hydrogen-bond acceptors (Lipinski definition) is 5. The Morgan fingerprint density at radius 2 is 2.14 bits per heavy atom. The van der Waals surface area contributed by atoms with Crippen LogP contribution < -0.4 is 5.32 Å². The maximum atomic E-state index is 11.8. The number of aromatic amines is 1. The molecule has 0 fully saturated rings. The van der Waals surface area contributed by atoms with Gasteiger partial charge in [-0.1, -0.05) is 23.9 Å². The third-order valence-electron chi connectivity index (χ3n) is 3.08. The number of nitrogens with zero attached hydrogens (tertiary/aromatic N) is 3. The van der Waals surface area contributed by atoms with E-state index in [1.165, 1.54) is 14.0 Å². The van der Waals surface area contributed by atoms with E-state index < -0.39 is 5.25 Å². The highest BCUT2D eigenvalue weighted by Gasteiger charge is 2.26. The quantitative estimate of drug-likeness (QED) is 0.554. The van der Waals surface area contributed by atoms with Crippen LogP contribution in [0.5, 0.6) is 0 Å². The molecule has 0 aliphatic heterocycles. The summed E-state index contributed by atoms with van der Waals surface area (Å²) in [6.45, 7) is 1.39. The monoisotopic (exact) mass is 303 g/mol. The molecule has 2 N–H and O–H groups in total. The van der Waals surface area contributed by atoms with Crippen molar-refractivity contribution in [2.45, 2.75) is 17.3 Å². The number of ketones is 1. The molecule has 7 nitrogen and oxygen atoms in total. The fourth-order valence-electron chi connectivity index (χ4n) is 2.08. The van der Waals surface area contributed by atoms with Crippen LogP contribution >= 0.6 is 11.8 Å². The van der Waals surface area contributed by atoms with Gasteiger partial charge in [0.15, 0.2) is 10.9 Å². The van der Waals surface area contributed by atoms with Crippen molar-refractivity contribution >= 4 is 40.3 Å². The summed E-state index contributed by atoms with van der Waals surface area (Å²) in [5.74, 6) is 0.0194. The first-order valence-corrected chi connectivity index (χ1v) is 7.20. The fourth-order valence-corrected chi connectivity index (χ4v) is 3.07. The van der Waals surface area contributed by atoms with Crippen LogP contribution in [0.3, 0.4) is 0 Å². The predicted octanol–water partition coefficient (Wildman–Crippen LogP) is 1.01. The Morgan fingerprint density at radius 1 is 1.38 bits per heavy atom. The van der Waals surface area contributed by atoms with E-state index in [1.54, 1.807) is 4.40 Å². The third kappa shape index (κ3) is 2.27. The molecule has 3 rings (SSSR count). The third-order valence-corrected chi connectivity index (χ3v) is 4.35. The number of Topliss-reactive ketones (excluding diaryl/α,β-unsaturated/α-hetero) is 1. The molecule has 0 radical (unpaired) electrons. The SMILES string of the molecule is CNC(=O)[C@@H](Sc1n[nH]c2nc3ccccc3n12)C(C)=O. The summed E-state index contributed by atoms with van der Waals surface area (Å²) in [7, 11) is 1.51. The molecule has 0 unspecified atom stereocenters. The number of carbonyl (C=O) groups excluding carboxylic acids is 2. The fraction of sp³-hybridized carbons (Fsp3) is 0.231. The maximum Gasteiger partial charge on any atom is 0.240 e. The van der Waals surface area contributed by atoms with E-state index in [4.69, 9.17) is 0 Å². The average molecular weight is 303 g/mol. The highest BCUT2D eigenvalue weighted by atomic mass is 32.2. The molecular formula is C13H13N5O2S. The summed E-state index contributed by atoms with van der Waals surface area (Å²) in [6.07, 6.45) is 0. The number of amides is 1. The highest BCUT2D eigenvalue weighted by Crippen LogP contribution is 2.26. The number of fused-ring (bicyclic) bond motifs is 3. The normalized spacial score (nSPS) is 12.7. The van der Waals surface area contributed by atoms with Crippen molar-refractivity contribution in [2.24, 2.45) is 0 Å². The molecule has 2 aromatic heterocycles. The summed E-state index contributed by atoms with van der Waals surface area (Å²) in [4.78, 5) is 27.9. The van der Waals surface area contributed by atoms with E-state index in [-0.39, 0.29) is 11.7 Å². The number of benzene rings is 1. The van der Waals surface area contributed by atoms with Crippen molar-refractivity contribution in [3.8, 4) is 0 Å². The van der Waals surface area contributed by atoms with Crippen LogP contribution in [0, 0.1) is 0 Å². The lowest BCUT2D eigenvalue weighted by Crippen LogP contribution is -2.34. The Balaban J connectivity index is 2.08. The number of carbonyl (C=O) groups is 2. The molecule has 21 heavy (non-hydrogen) atoms. The van der Waals surface area contributed by atoms with Crippen LogP contribution in [-0.2, 0) is 9.59 Å². The van der Waals surface area contributed by atoms with Crippen molar-refractivity contribution in [3.05, 3.63) is 24.3 Å². The molecule has 1 aromatic carbocycles. The van der Waals surface area contributed by atoms with E-state index in [0.29, 0.717) is 10.9 Å². The summed E-state index contributed by atoms with van der Waals surface area (Å²) in [6, 6.07) is 7.61. The van der Waals surface area contributed by atoms with Gasteiger partial charge in [-0.25, -0.2) is 10.1 Å². The van der Waals surface area contributed by atoms with E-state index in [1.807, 2.05) is 24.3 Å². The lowest BCUT2D eigenvalue weighted by atomic mass is 10.3. The summed E-state index contributed by atoms with van der Waals surface area (Å²) in [5.41, 5.74) is 1.70. The Hall–Kier alpha value is -2.35. The molecule has 0 saturated carbocycles. The first-order valence-electron chi connectivity index (χ1n) is 6.32. The van der Waals surface area contributed by atoms with Gasteiger partial charge in [0.25, 0.3) is 0 Å². The van der Waals surface area contributed by atoms with E-state index in [0.717, 1.165) is 22.8 Å². The van der Waals surface area contributed by atoms with E-state index in [9.17, 15) is 9.59 Å². The van der Waals surface area contributed by atoms with Gasteiger partial charge in [-0.15, -0.1) is 5.10 Å². The van der Waals surface area contributed by atoms with Gasteiger partial charge in [0.1, 0.15) is 5.25 Å². The number of thioether (sulfide) groups is 1. The van der Waals surface area contributed by atoms with Gasteiger partial charge in [0.05, 0.1) is 11.0 Å². The van der Waals surface area contributed by atoms with Crippen molar-refractivity contribution in [1.29, 1.82) is 0 Å². The van der Waals surface area contributed by atoms with Crippen molar-refractivity contribution in [2.75, 3.05) is 7.05 Å². The molecule has 0 aliphatic rings. The van der Waals surface area contributed by atoms with Crippen LogP contribution in [0.2, 0.25) is 0 Å². The smallest absolute Gasteiger partial charge is 0.240 e. The molecule has 3 aromatic rings. The molecule has 8 heteroatoms. The second kappa shape index (κ2) is 5.21. The number of para-hydroxylation sites is 2. The van der Waals surface area contributed by atoms with Crippen molar-refractivity contribution < 1.29 is 9.59 Å². The first kappa shape index (κ1) is 13.6.